The highest BCUT2D eigenvalue weighted by Gasteiger charge is 2.37. The van der Waals surface area contributed by atoms with Gasteiger partial charge >= 0.3 is 0 Å². The van der Waals surface area contributed by atoms with Crippen LogP contribution in [0.25, 0.3) is 0 Å². The van der Waals surface area contributed by atoms with Crippen LogP contribution in [0.3, 0.4) is 0 Å². The number of nitrogens with zero attached hydrogens (tertiary/aromatic N) is 1. The molecular weight excluding hydrogens is 212 g/mol. The molecule has 1 aliphatic carbocycles. The zero-order valence-corrected chi connectivity index (χ0v) is 11.8. The molecular formula is C14H28N2O. The van der Waals surface area contributed by atoms with Gasteiger partial charge in [-0.05, 0) is 59.5 Å². The van der Waals surface area contributed by atoms with E-state index in [2.05, 4.69) is 38.0 Å². The highest BCUT2D eigenvalue weighted by Crippen LogP contribution is 2.33. The molecule has 1 N–H and O–H groups in total. The molecule has 17 heavy (non-hydrogen) atoms. The highest BCUT2D eigenvalue weighted by molar-refractivity contribution is 4.93. The van der Waals surface area contributed by atoms with E-state index >= 15 is 0 Å². The molecule has 2 aliphatic rings. The van der Waals surface area contributed by atoms with Gasteiger partial charge in [-0.2, -0.15) is 0 Å². The Labute approximate surface area is 106 Å². The van der Waals surface area contributed by atoms with Gasteiger partial charge in [-0.1, -0.05) is 0 Å². The molecule has 0 aromatic rings. The summed E-state index contributed by atoms with van der Waals surface area (Å²) in [5, 5.41) is 3.64. The van der Waals surface area contributed by atoms with Gasteiger partial charge in [0.25, 0.3) is 0 Å². The van der Waals surface area contributed by atoms with Crippen molar-refractivity contribution < 1.29 is 4.74 Å². The fourth-order valence-corrected chi connectivity index (χ4v) is 2.88. The van der Waals surface area contributed by atoms with Crippen LogP contribution in [0.4, 0.5) is 0 Å². The number of rotatable bonds is 4. The van der Waals surface area contributed by atoms with Gasteiger partial charge in [-0.15, -0.1) is 0 Å². The smallest absolute Gasteiger partial charge is 0.0622 e. The molecule has 2 fully saturated rings. The molecule has 0 aromatic heterocycles. The minimum absolute atomic E-state index is 0.245. The summed E-state index contributed by atoms with van der Waals surface area (Å²) in [6.45, 7) is 9.78. The van der Waals surface area contributed by atoms with Gasteiger partial charge < -0.3 is 10.1 Å². The van der Waals surface area contributed by atoms with E-state index in [1.165, 1.54) is 19.3 Å². The Balaban J connectivity index is 1.77. The van der Waals surface area contributed by atoms with E-state index in [9.17, 15) is 0 Å². The first kappa shape index (κ1) is 13.3. The fourth-order valence-electron chi connectivity index (χ4n) is 2.88. The topological polar surface area (TPSA) is 24.5 Å². The van der Waals surface area contributed by atoms with Crippen LogP contribution in [-0.4, -0.2) is 49.3 Å². The molecule has 0 spiro atoms. The minimum Gasteiger partial charge on any atom is -0.380 e. The Hall–Kier alpha value is -0.120. The molecule has 0 amide bonds. The van der Waals surface area contributed by atoms with Crippen molar-refractivity contribution in [1.82, 2.24) is 10.2 Å². The lowest BCUT2D eigenvalue weighted by Gasteiger charge is -2.46. The molecule has 0 radical (unpaired) electrons. The van der Waals surface area contributed by atoms with Crippen molar-refractivity contribution in [2.75, 3.05) is 26.8 Å². The maximum absolute atomic E-state index is 5.49. The Morgan fingerprint density at radius 2 is 2.00 bits per heavy atom. The summed E-state index contributed by atoms with van der Waals surface area (Å²) < 4.78 is 5.49. The van der Waals surface area contributed by atoms with Crippen LogP contribution in [0.5, 0.6) is 0 Å². The molecule has 100 valence electrons. The summed E-state index contributed by atoms with van der Waals surface area (Å²) in [6, 6.07) is 1.44. The summed E-state index contributed by atoms with van der Waals surface area (Å²) in [5.41, 5.74) is 0.245. The van der Waals surface area contributed by atoms with Crippen molar-refractivity contribution in [3.8, 4) is 0 Å². The predicted molar refractivity (Wildman–Crippen MR) is 71.3 cm³/mol. The zero-order chi connectivity index (χ0) is 12.5. The normalized spacial score (nSPS) is 34.1. The van der Waals surface area contributed by atoms with Crippen LogP contribution < -0.4 is 5.32 Å². The Morgan fingerprint density at radius 3 is 2.47 bits per heavy atom. The molecule has 3 atom stereocenters. The van der Waals surface area contributed by atoms with Crippen molar-refractivity contribution in [2.45, 2.75) is 57.7 Å². The van der Waals surface area contributed by atoms with Crippen LogP contribution in [-0.2, 0) is 4.74 Å². The van der Waals surface area contributed by atoms with E-state index in [1.807, 2.05) is 0 Å². The molecule has 2 rings (SSSR count). The summed E-state index contributed by atoms with van der Waals surface area (Å²) >= 11 is 0. The van der Waals surface area contributed by atoms with Gasteiger partial charge in [0.05, 0.1) is 6.61 Å². The lowest BCUT2D eigenvalue weighted by molar-refractivity contribution is 0.0411. The molecule has 3 unspecified atom stereocenters. The Kier molecular flexibility index (Phi) is 4.11. The van der Waals surface area contributed by atoms with Gasteiger partial charge in [0, 0.05) is 24.2 Å². The lowest BCUT2D eigenvalue weighted by Crippen LogP contribution is -2.54. The number of likely N-dealkylation sites (N-methyl/N-ethyl adjacent to an activating group) is 1. The van der Waals surface area contributed by atoms with Crippen molar-refractivity contribution >= 4 is 0 Å². The van der Waals surface area contributed by atoms with Crippen LogP contribution in [0.15, 0.2) is 0 Å². The van der Waals surface area contributed by atoms with Gasteiger partial charge in [0.15, 0.2) is 0 Å². The molecule has 1 aliphatic heterocycles. The second-order valence-corrected chi connectivity index (χ2v) is 6.72. The molecule has 0 aromatic carbocycles. The van der Waals surface area contributed by atoms with E-state index in [-0.39, 0.29) is 5.54 Å². The second-order valence-electron chi connectivity index (χ2n) is 6.72. The fraction of sp³-hybridized carbons (Fsp3) is 1.00. The van der Waals surface area contributed by atoms with E-state index < -0.39 is 0 Å². The van der Waals surface area contributed by atoms with E-state index in [4.69, 9.17) is 4.74 Å². The van der Waals surface area contributed by atoms with Crippen molar-refractivity contribution in [1.29, 1.82) is 0 Å². The zero-order valence-electron chi connectivity index (χ0n) is 11.8. The van der Waals surface area contributed by atoms with E-state index in [0.717, 1.165) is 31.7 Å². The van der Waals surface area contributed by atoms with Gasteiger partial charge in [-0.3, -0.25) is 4.90 Å². The van der Waals surface area contributed by atoms with Crippen LogP contribution in [0.2, 0.25) is 0 Å². The molecule has 1 saturated heterocycles. The average molecular weight is 240 g/mol. The minimum atomic E-state index is 0.245. The quantitative estimate of drug-likeness (QED) is 0.812. The first-order valence-corrected chi connectivity index (χ1v) is 7.02. The number of nitrogens with one attached hydrogen (secondary N) is 1. The summed E-state index contributed by atoms with van der Waals surface area (Å²) in [5.74, 6) is 0.833. The Bertz CT molecular complexity index is 243. The molecule has 3 heteroatoms. The first-order chi connectivity index (χ1) is 7.97. The van der Waals surface area contributed by atoms with Crippen molar-refractivity contribution in [3.05, 3.63) is 0 Å². The molecule has 1 heterocycles. The van der Waals surface area contributed by atoms with Crippen LogP contribution in [0.1, 0.15) is 40.0 Å². The molecule has 0 bridgehead atoms. The average Bonchev–Trinajstić information content (AvgIpc) is 2.66. The third-order valence-electron chi connectivity index (χ3n) is 4.28. The Morgan fingerprint density at radius 1 is 1.24 bits per heavy atom. The van der Waals surface area contributed by atoms with Gasteiger partial charge in [-0.25, -0.2) is 0 Å². The predicted octanol–water partition coefficient (Wildman–Crippen LogP) is 1.87. The maximum atomic E-state index is 5.49. The van der Waals surface area contributed by atoms with Crippen molar-refractivity contribution in [3.63, 3.8) is 0 Å². The summed E-state index contributed by atoms with van der Waals surface area (Å²) in [6.07, 6.45) is 3.96. The third kappa shape index (κ3) is 3.43. The lowest BCUT2D eigenvalue weighted by atomic mass is 9.77. The van der Waals surface area contributed by atoms with E-state index in [0.29, 0.717) is 6.04 Å². The summed E-state index contributed by atoms with van der Waals surface area (Å²) in [4.78, 5) is 2.57. The standard InChI is InChI=1S/C14H28N2O/c1-14(2,3)15-9-11-5-6-13(11)16(4)12-7-8-17-10-12/h11-13,15H,5-10H2,1-4H3. The second kappa shape index (κ2) is 5.25. The molecule has 3 nitrogen and oxygen atoms in total. The van der Waals surface area contributed by atoms with Crippen LogP contribution in [0, 0.1) is 5.92 Å². The summed E-state index contributed by atoms with van der Waals surface area (Å²) in [7, 11) is 2.28. The van der Waals surface area contributed by atoms with E-state index in [1.54, 1.807) is 0 Å². The highest BCUT2D eigenvalue weighted by atomic mass is 16.5. The molecule has 1 saturated carbocycles. The number of hydrogen-bond acceptors (Lipinski definition) is 3. The van der Waals surface area contributed by atoms with Crippen LogP contribution >= 0.6 is 0 Å². The van der Waals surface area contributed by atoms with Gasteiger partial charge in [0.2, 0.25) is 0 Å². The third-order valence-corrected chi connectivity index (χ3v) is 4.28. The largest absolute Gasteiger partial charge is 0.380 e. The van der Waals surface area contributed by atoms with Crippen molar-refractivity contribution in [2.24, 2.45) is 5.92 Å². The SMILES string of the molecule is CN(C1CCOC1)C1CCC1CNC(C)(C)C. The number of hydrogen-bond donors (Lipinski definition) is 1. The van der Waals surface area contributed by atoms with Gasteiger partial charge in [0.1, 0.15) is 0 Å². The monoisotopic (exact) mass is 240 g/mol. The maximum Gasteiger partial charge on any atom is 0.0622 e. The number of ether oxygens (including phenoxy) is 1. The first-order valence-electron chi connectivity index (χ1n) is 7.02.